The first-order valence-electron chi connectivity index (χ1n) is 11.0. The zero-order valence-corrected chi connectivity index (χ0v) is 18.9. The van der Waals surface area contributed by atoms with Crippen LogP contribution in [0.5, 0.6) is 5.88 Å². The maximum absolute atomic E-state index is 13.2. The fourth-order valence-corrected chi connectivity index (χ4v) is 6.49. The zero-order valence-electron chi connectivity index (χ0n) is 18.1. The van der Waals surface area contributed by atoms with Crippen molar-refractivity contribution in [3.8, 4) is 5.88 Å². The average Bonchev–Trinajstić information content (AvgIpc) is 3.03. The number of nitrogens with one attached hydrogen (secondary N) is 1. The summed E-state index contributed by atoms with van der Waals surface area (Å²) < 4.78 is 11.3. The maximum Gasteiger partial charge on any atom is 0.291 e. The van der Waals surface area contributed by atoms with Crippen LogP contribution in [0, 0.1) is 29.6 Å². The highest BCUT2D eigenvalue weighted by Crippen LogP contribution is 2.53. The molecule has 1 amide bonds. The normalized spacial score (nSPS) is 30.8. The highest BCUT2D eigenvalue weighted by Gasteiger charge is 2.49. The Kier molecular flexibility index (Phi) is 5.90. The maximum atomic E-state index is 13.2. The summed E-state index contributed by atoms with van der Waals surface area (Å²) >= 11 is 1.58. The van der Waals surface area contributed by atoms with E-state index in [1.165, 1.54) is 32.1 Å². The molecule has 0 saturated heterocycles. The van der Waals surface area contributed by atoms with Crippen LogP contribution in [0.3, 0.4) is 0 Å². The number of nitrogens with two attached hydrogens (primary N) is 1. The molecule has 6 nitrogen and oxygen atoms in total. The van der Waals surface area contributed by atoms with E-state index < -0.39 is 5.54 Å². The van der Waals surface area contributed by atoms with E-state index in [2.05, 4.69) is 24.3 Å². The van der Waals surface area contributed by atoms with Crippen molar-refractivity contribution in [2.45, 2.75) is 76.3 Å². The molecule has 4 aliphatic rings. The summed E-state index contributed by atoms with van der Waals surface area (Å²) in [6.07, 6.45) is 6.48. The van der Waals surface area contributed by atoms with E-state index in [1.54, 1.807) is 11.8 Å². The SMILES string of the molecule is CC(C)CSc1c(OCC(C)(C)N)noc1C(=O)NC1C2CC3CC(C2)CC1C3. The van der Waals surface area contributed by atoms with Gasteiger partial charge >= 0.3 is 0 Å². The summed E-state index contributed by atoms with van der Waals surface area (Å²) in [7, 11) is 0. The van der Waals surface area contributed by atoms with Crippen molar-refractivity contribution in [1.82, 2.24) is 10.5 Å². The van der Waals surface area contributed by atoms with Gasteiger partial charge in [-0.15, -0.1) is 11.8 Å². The Morgan fingerprint density at radius 1 is 1.24 bits per heavy atom. The second-order valence-corrected chi connectivity index (χ2v) is 11.6. The molecule has 0 aliphatic heterocycles. The van der Waals surface area contributed by atoms with Gasteiger partial charge in [0.2, 0.25) is 5.76 Å². The molecule has 4 aliphatic carbocycles. The topological polar surface area (TPSA) is 90.4 Å². The van der Waals surface area contributed by atoms with Crippen LogP contribution >= 0.6 is 11.8 Å². The predicted molar refractivity (Wildman–Crippen MR) is 114 cm³/mol. The molecule has 3 N–H and O–H groups in total. The summed E-state index contributed by atoms with van der Waals surface area (Å²) in [6.45, 7) is 8.41. The zero-order chi connectivity index (χ0) is 20.8. The van der Waals surface area contributed by atoms with Crippen LogP contribution in [-0.2, 0) is 0 Å². The third-order valence-electron chi connectivity index (χ3n) is 6.49. The number of thioether (sulfide) groups is 1. The molecule has 7 heteroatoms. The quantitative estimate of drug-likeness (QED) is 0.614. The molecule has 0 unspecified atom stereocenters. The molecule has 0 atom stereocenters. The standard InChI is InChI=1S/C22H35N3O3S/c1-12(2)10-29-19-18(28-25-21(19)27-11-22(3,4)23)20(26)24-17-15-6-13-5-14(8-15)9-16(17)7-13/h12-17H,5-11,23H2,1-4H3,(H,24,26). The van der Waals surface area contributed by atoms with Gasteiger partial charge in [-0.25, -0.2) is 0 Å². The minimum Gasteiger partial charge on any atom is -0.473 e. The van der Waals surface area contributed by atoms with E-state index in [-0.39, 0.29) is 17.7 Å². The lowest BCUT2D eigenvalue weighted by Crippen LogP contribution is -2.55. The predicted octanol–water partition coefficient (Wildman–Crippen LogP) is 4.09. The molecule has 4 bridgehead atoms. The first kappa shape index (κ1) is 21.0. The number of nitrogens with zero attached hydrogens (tertiary/aromatic N) is 1. The molecule has 162 valence electrons. The van der Waals surface area contributed by atoms with Crippen molar-refractivity contribution < 1.29 is 14.1 Å². The minimum absolute atomic E-state index is 0.150. The Bertz CT molecular complexity index is 712. The van der Waals surface area contributed by atoms with Crippen molar-refractivity contribution in [3.63, 3.8) is 0 Å². The van der Waals surface area contributed by atoms with Gasteiger partial charge in [-0.2, -0.15) is 0 Å². The molecule has 0 spiro atoms. The molecule has 29 heavy (non-hydrogen) atoms. The monoisotopic (exact) mass is 421 g/mol. The first-order valence-corrected chi connectivity index (χ1v) is 12.0. The molecule has 1 aromatic rings. The second-order valence-electron chi connectivity index (χ2n) is 10.6. The van der Waals surface area contributed by atoms with Crippen molar-refractivity contribution in [2.75, 3.05) is 12.4 Å². The molecular formula is C22H35N3O3S. The fourth-order valence-electron chi connectivity index (χ4n) is 5.51. The van der Waals surface area contributed by atoms with E-state index in [9.17, 15) is 4.79 Å². The molecule has 4 saturated carbocycles. The van der Waals surface area contributed by atoms with Crippen LogP contribution in [0.25, 0.3) is 0 Å². The Morgan fingerprint density at radius 2 is 1.86 bits per heavy atom. The largest absolute Gasteiger partial charge is 0.473 e. The lowest BCUT2D eigenvalue weighted by atomic mass is 9.54. The van der Waals surface area contributed by atoms with Crippen LogP contribution in [0.2, 0.25) is 0 Å². The van der Waals surface area contributed by atoms with Crippen molar-refractivity contribution in [3.05, 3.63) is 5.76 Å². The van der Waals surface area contributed by atoms with Crippen LogP contribution in [0.4, 0.5) is 0 Å². The molecule has 1 heterocycles. The summed E-state index contributed by atoms with van der Waals surface area (Å²) in [5, 5.41) is 7.39. The lowest BCUT2D eigenvalue weighted by molar-refractivity contribution is -0.0124. The van der Waals surface area contributed by atoms with Crippen molar-refractivity contribution in [1.29, 1.82) is 0 Å². The Balaban J connectivity index is 1.49. The average molecular weight is 422 g/mol. The highest BCUT2D eigenvalue weighted by molar-refractivity contribution is 7.99. The smallest absolute Gasteiger partial charge is 0.291 e. The van der Waals surface area contributed by atoms with E-state index in [0.717, 1.165) is 17.6 Å². The Morgan fingerprint density at radius 3 is 2.41 bits per heavy atom. The highest BCUT2D eigenvalue weighted by atomic mass is 32.2. The van der Waals surface area contributed by atoms with Gasteiger partial charge < -0.3 is 20.3 Å². The third kappa shape index (κ3) is 4.76. The number of aromatic nitrogens is 1. The molecule has 0 radical (unpaired) electrons. The van der Waals surface area contributed by atoms with Gasteiger partial charge in [0.25, 0.3) is 11.8 Å². The fraction of sp³-hybridized carbons (Fsp3) is 0.818. The van der Waals surface area contributed by atoms with Gasteiger partial charge in [-0.3, -0.25) is 4.79 Å². The van der Waals surface area contributed by atoms with Gasteiger partial charge in [0, 0.05) is 17.3 Å². The molecule has 1 aromatic heterocycles. The number of hydrogen-bond donors (Lipinski definition) is 2. The summed E-state index contributed by atoms with van der Waals surface area (Å²) in [6, 6.07) is 0.274. The van der Waals surface area contributed by atoms with E-state index in [4.69, 9.17) is 15.0 Å². The van der Waals surface area contributed by atoms with Crippen LogP contribution in [0.1, 0.15) is 70.4 Å². The number of carbonyl (C=O) groups is 1. The van der Waals surface area contributed by atoms with Crippen LogP contribution in [0.15, 0.2) is 9.42 Å². The number of ether oxygens (including phenoxy) is 1. The third-order valence-corrected chi connectivity index (χ3v) is 7.97. The number of amides is 1. The van der Waals surface area contributed by atoms with Gasteiger partial charge in [0.15, 0.2) is 0 Å². The Hall–Kier alpha value is -1.21. The number of hydrogen-bond acceptors (Lipinski definition) is 6. The van der Waals surface area contributed by atoms with Gasteiger partial charge in [0.1, 0.15) is 11.5 Å². The molecular weight excluding hydrogens is 386 g/mol. The lowest BCUT2D eigenvalue weighted by Gasteiger charge is -2.54. The van der Waals surface area contributed by atoms with Crippen LogP contribution in [-0.4, -0.2) is 35.0 Å². The van der Waals surface area contributed by atoms with Gasteiger partial charge in [-0.1, -0.05) is 13.8 Å². The number of rotatable bonds is 8. The summed E-state index contributed by atoms with van der Waals surface area (Å²) in [4.78, 5) is 13.9. The molecule has 5 rings (SSSR count). The van der Waals surface area contributed by atoms with Gasteiger partial charge in [-0.05, 0) is 80.7 Å². The summed E-state index contributed by atoms with van der Waals surface area (Å²) in [5.74, 6) is 4.87. The van der Waals surface area contributed by atoms with Crippen LogP contribution < -0.4 is 15.8 Å². The number of carbonyl (C=O) groups excluding carboxylic acids is 1. The van der Waals surface area contributed by atoms with Gasteiger partial charge in [0.05, 0.1) is 0 Å². The second kappa shape index (κ2) is 8.14. The minimum atomic E-state index is -0.484. The Labute approximate surface area is 178 Å². The summed E-state index contributed by atoms with van der Waals surface area (Å²) in [5.41, 5.74) is 5.56. The van der Waals surface area contributed by atoms with E-state index in [1.807, 2.05) is 13.8 Å². The van der Waals surface area contributed by atoms with E-state index in [0.29, 0.717) is 35.1 Å². The first-order chi connectivity index (χ1) is 13.7. The molecule has 4 fully saturated rings. The molecule has 0 aromatic carbocycles. The van der Waals surface area contributed by atoms with Crippen molar-refractivity contribution >= 4 is 17.7 Å². The van der Waals surface area contributed by atoms with Crippen molar-refractivity contribution in [2.24, 2.45) is 35.3 Å². The van der Waals surface area contributed by atoms with E-state index >= 15 is 0 Å².